The van der Waals surface area contributed by atoms with Gasteiger partial charge in [0, 0.05) is 55.3 Å². The summed E-state index contributed by atoms with van der Waals surface area (Å²) in [6, 6.07) is 5.86. The molecule has 1 aromatic rings. The highest BCUT2D eigenvalue weighted by Crippen LogP contribution is 2.31. The van der Waals surface area contributed by atoms with Crippen LogP contribution >= 0.6 is 11.6 Å². The van der Waals surface area contributed by atoms with Crippen molar-refractivity contribution < 1.29 is 24.6 Å². The van der Waals surface area contributed by atoms with E-state index in [2.05, 4.69) is 5.32 Å². The zero-order valence-electron chi connectivity index (χ0n) is 19.2. The maximum absolute atomic E-state index is 12.8. The van der Waals surface area contributed by atoms with Crippen molar-refractivity contribution in [2.75, 3.05) is 44.6 Å². The van der Waals surface area contributed by atoms with Crippen LogP contribution in [0, 0.1) is 5.41 Å². The maximum Gasteiger partial charge on any atom is 0.322 e. The number of halogens is 1. The van der Waals surface area contributed by atoms with Crippen LogP contribution in [0.15, 0.2) is 24.3 Å². The number of aliphatic hydroxyl groups is 2. The van der Waals surface area contributed by atoms with Crippen molar-refractivity contribution in [3.63, 3.8) is 0 Å². The molecule has 3 N–H and O–H groups in total. The minimum Gasteiger partial charge on any atom is -0.396 e. The van der Waals surface area contributed by atoms with Crippen molar-refractivity contribution in [2.24, 2.45) is 5.41 Å². The van der Waals surface area contributed by atoms with Gasteiger partial charge in [0.1, 0.15) is 6.04 Å². The molecule has 3 rings (SSSR count). The minimum atomic E-state index is -0.756. The lowest BCUT2D eigenvalue weighted by atomic mass is 9.78. The highest BCUT2D eigenvalue weighted by molar-refractivity contribution is 6.30. The van der Waals surface area contributed by atoms with E-state index in [4.69, 9.17) is 11.6 Å². The van der Waals surface area contributed by atoms with Crippen LogP contribution in [0.1, 0.15) is 33.1 Å². The smallest absolute Gasteiger partial charge is 0.322 e. The van der Waals surface area contributed by atoms with Crippen molar-refractivity contribution in [1.29, 1.82) is 0 Å². The average Bonchev–Trinajstić information content (AvgIpc) is 2.78. The van der Waals surface area contributed by atoms with E-state index in [1.807, 2.05) is 6.92 Å². The monoisotopic (exact) mass is 480 g/mol. The second-order valence-corrected chi connectivity index (χ2v) is 9.59. The number of carbonyl (C=O) groups excluding carboxylic acids is 3. The molecule has 3 atom stereocenters. The quantitative estimate of drug-likeness (QED) is 0.574. The molecule has 0 bridgehead atoms. The first kappa shape index (κ1) is 25.3. The van der Waals surface area contributed by atoms with Gasteiger partial charge < -0.3 is 30.2 Å². The lowest BCUT2D eigenvalue weighted by molar-refractivity contribution is -0.142. The summed E-state index contributed by atoms with van der Waals surface area (Å²) in [6.45, 7) is 5.35. The molecule has 2 heterocycles. The van der Waals surface area contributed by atoms with E-state index in [0.29, 0.717) is 49.7 Å². The van der Waals surface area contributed by atoms with Crippen LogP contribution in [0.25, 0.3) is 0 Å². The predicted octanol–water partition coefficient (Wildman–Crippen LogP) is 1.78. The third-order valence-corrected chi connectivity index (χ3v) is 7.00. The maximum atomic E-state index is 12.8. The van der Waals surface area contributed by atoms with Crippen molar-refractivity contribution in [3.8, 4) is 0 Å². The molecule has 0 saturated carbocycles. The number of piperazine rings is 1. The first-order valence-corrected chi connectivity index (χ1v) is 11.7. The molecule has 2 fully saturated rings. The van der Waals surface area contributed by atoms with Gasteiger partial charge in [-0.2, -0.15) is 0 Å². The summed E-state index contributed by atoms with van der Waals surface area (Å²) in [5, 5.41) is 23.0. The Morgan fingerprint density at radius 1 is 1.27 bits per heavy atom. The lowest BCUT2D eigenvalue weighted by Crippen LogP contribution is -2.58. The molecule has 0 radical (unpaired) electrons. The Balaban J connectivity index is 1.45. The van der Waals surface area contributed by atoms with Gasteiger partial charge in [-0.3, -0.25) is 9.59 Å². The summed E-state index contributed by atoms with van der Waals surface area (Å²) in [5.41, 5.74) is -0.00633. The van der Waals surface area contributed by atoms with Gasteiger partial charge in [-0.1, -0.05) is 24.6 Å². The van der Waals surface area contributed by atoms with Crippen LogP contribution < -0.4 is 5.32 Å². The molecule has 2 aliphatic heterocycles. The molecule has 0 unspecified atom stereocenters. The Morgan fingerprint density at radius 3 is 2.70 bits per heavy atom. The molecule has 1 aromatic carbocycles. The van der Waals surface area contributed by atoms with E-state index >= 15 is 0 Å². The fraction of sp³-hybridized carbons (Fsp3) is 0.609. The molecule has 33 heavy (non-hydrogen) atoms. The second kappa shape index (κ2) is 10.7. The number of rotatable bonds is 6. The minimum absolute atomic E-state index is 0.0610. The van der Waals surface area contributed by atoms with E-state index in [-0.39, 0.29) is 37.4 Å². The van der Waals surface area contributed by atoms with Crippen LogP contribution in [0.5, 0.6) is 0 Å². The number of likely N-dealkylation sites (tertiary alicyclic amines) is 1. The molecule has 4 amide bonds. The molecule has 2 saturated heterocycles. The zero-order valence-corrected chi connectivity index (χ0v) is 19.9. The van der Waals surface area contributed by atoms with Gasteiger partial charge in [0.05, 0.1) is 12.7 Å². The summed E-state index contributed by atoms with van der Waals surface area (Å²) in [5.74, 6) is -0.212. The molecule has 0 spiro atoms. The van der Waals surface area contributed by atoms with Gasteiger partial charge in [-0.25, -0.2) is 4.79 Å². The number of hydrogen-bond donors (Lipinski definition) is 3. The second-order valence-electron chi connectivity index (χ2n) is 9.16. The number of amides is 4. The summed E-state index contributed by atoms with van der Waals surface area (Å²) in [7, 11) is 0. The molecule has 10 heteroatoms. The van der Waals surface area contributed by atoms with E-state index in [9.17, 15) is 24.6 Å². The number of benzene rings is 1. The van der Waals surface area contributed by atoms with Crippen LogP contribution in [0.3, 0.4) is 0 Å². The summed E-state index contributed by atoms with van der Waals surface area (Å²) < 4.78 is 0. The van der Waals surface area contributed by atoms with Gasteiger partial charge in [0.2, 0.25) is 11.8 Å². The Kier molecular flexibility index (Phi) is 8.20. The molecule has 9 nitrogen and oxygen atoms in total. The molecule has 0 aromatic heterocycles. The first-order chi connectivity index (χ1) is 15.6. The van der Waals surface area contributed by atoms with E-state index in [1.165, 1.54) is 4.90 Å². The number of carbonyl (C=O) groups is 3. The Morgan fingerprint density at radius 2 is 2.03 bits per heavy atom. The van der Waals surface area contributed by atoms with Crippen LogP contribution in [-0.4, -0.2) is 94.2 Å². The number of hydrogen-bond acceptors (Lipinski definition) is 5. The fourth-order valence-corrected chi connectivity index (χ4v) is 4.45. The number of anilines is 1. The Bertz CT molecular complexity index is 884. The van der Waals surface area contributed by atoms with Gasteiger partial charge in [0.15, 0.2) is 0 Å². The fourth-order valence-electron chi connectivity index (χ4n) is 4.26. The van der Waals surface area contributed by atoms with E-state index < -0.39 is 17.6 Å². The van der Waals surface area contributed by atoms with Crippen LogP contribution in [-0.2, 0) is 9.59 Å². The lowest BCUT2D eigenvalue weighted by Gasteiger charge is -2.42. The zero-order chi connectivity index (χ0) is 24.2. The number of urea groups is 1. The van der Waals surface area contributed by atoms with Crippen LogP contribution in [0.2, 0.25) is 5.02 Å². The number of nitrogens with one attached hydrogen (secondary N) is 1. The van der Waals surface area contributed by atoms with Crippen molar-refractivity contribution in [3.05, 3.63) is 29.3 Å². The third-order valence-electron chi connectivity index (χ3n) is 6.77. The van der Waals surface area contributed by atoms with Crippen LogP contribution in [0.4, 0.5) is 10.5 Å². The topological polar surface area (TPSA) is 113 Å². The number of nitrogens with zero attached hydrogens (tertiary/aromatic N) is 3. The standard InChI is InChI=1S/C23H33ClN4O5/c1-16-21(32)26(11-12-28(16)22(33)25-18-6-3-5-17(24)13-18)9-4-7-20(31)27-10-8-23(2,15-29)19(30)14-27/h3,5-6,13,16,19,29-30H,4,7-12,14-15H2,1-2H3,(H,25,33)/t16-,19+,23+/m0/s1. The normalized spacial score (nSPS) is 25.8. The summed E-state index contributed by atoms with van der Waals surface area (Å²) >= 11 is 5.96. The van der Waals surface area contributed by atoms with Crippen molar-refractivity contribution in [1.82, 2.24) is 14.7 Å². The third kappa shape index (κ3) is 5.96. The number of aliphatic hydroxyl groups excluding tert-OH is 2. The number of piperidine rings is 1. The van der Waals surface area contributed by atoms with Gasteiger partial charge in [-0.15, -0.1) is 0 Å². The molecule has 182 valence electrons. The molecule has 2 aliphatic rings. The highest BCUT2D eigenvalue weighted by atomic mass is 35.5. The largest absolute Gasteiger partial charge is 0.396 e. The van der Waals surface area contributed by atoms with Gasteiger partial charge in [0.25, 0.3) is 0 Å². The average molecular weight is 481 g/mol. The van der Waals surface area contributed by atoms with Crippen molar-refractivity contribution >= 4 is 35.1 Å². The Labute approximate surface area is 199 Å². The molecule has 0 aliphatic carbocycles. The van der Waals surface area contributed by atoms with Crippen molar-refractivity contribution in [2.45, 2.75) is 45.3 Å². The molecular formula is C23H33ClN4O5. The van der Waals surface area contributed by atoms with Gasteiger partial charge in [-0.05, 0) is 38.0 Å². The summed E-state index contributed by atoms with van der Waals surface area (Å²) in [6.07, 6.45) is 0.579. The predicted molar refractivity (Wildman–Crippen MR) is 125 cm³/mol. The summed E-state index contributed by atoms with van der Waals surface area (Å²) in [4.78, 5) is 42.8. The first-order valence-electron chi connectivity index (χ1n) is 11.3. The number of β-amino-alcohol motifs (C(OH)–C–C–N with tert-alkyl or cyclic N) is 1. The van der Waals surface area contributed by atoms with E-state index in [1.54, 1.807) is 41.0 Å². The molecular weight excluding hydrogens is 448 g/mol. The SMILES string of the molecule is C[C@H]1C(=O)N(CCCC(=O)N2CC[C@](C)(CO)[C@H](O)C2)CCN1C(=O)Nc1cccc(Cl)c1. The van der Waals surface area contributed by atoms with Gasteiger partial charge >= 0.3 is 6.03 Å². The van der Waals surface area contributed by atoms with E-state index in [0.717, 1.165) is 0 Å². The Hall–Kier alpha value is -2.36. The highest BCUT2D eigenvalue weighted by Gasteiger charge is 2.39.